The Balaban J connectivity index is 1.60. The smallest absolute Gasteiger partial charge is 0.459 e. The van der Waals surface area contributed by atoms with Gasteiger partial charge in [0.05, 0.1) is 19.6 Å². The Hall–Kier alpha value is -3.26. The Kier molecular flexibility index (Phi) is 8.98. The van der Waals surface area contributed by atoms with Crippen LogP contribution in [0.5, 0.6) is 5.75 Å². The number of hydrogen-bond donors (Lipinski definition) is 1. The fraction of sp³-hybridized carbons (Fsp3) is 0.500. The maximum Gasteiger partial charge on any atom is 0.459 e. The summed E-state index contributed by atoms with van der Waals surface area (Å²) in [6.45, 7) is 0.634. The van der Waals surface area contributed by atoms with Crippen LogP contribution in [0.1, 0.15) is 32.6 Å². The second-order valence-electron chi connectivity index (χ2n) is 9.15. The van der Waals surface area contributed by atoms with E-state index in [9.17, 15) is 36.9 Å². The summed E-state index contributed by atoms with van der Waals surface area (Å²) in [4.78, 5) is 49.7. The highest BCUT2D eigenvalue weighted by Crippen LogP contribution is 2.46. The largest absolute Gasteiger partial charge is 0.465 e. The lowest BCUT2D eigenvalue weighted by atomic mass is 10.0. The summed E-state index contributed by atoms with van der Waals surface area (Å²) in [6.07, 6.45) is -9.66. The first-order chi connectivity index (χ1) is 18.8. The van der Waals surface area contributed by atoms with Crippen molar-refractivity contribution in [3.05, 3.63) is 42.1 Å². The number of nitrogens with one attached hydrogen (secondary N) is 1. The van der Waals surface area contributed by atoms with Gasteiger partial charge in [-0.1, -0.05) is 18.2 Å². The Bertz CT molecular complexity index is 1230. The van der Waals surface area contributed by atoms with E-state index >= 15 is 0 Å². The van der Waals surface area contributed by atoms with E-state index in [0.29, 0.717) is 11.1 Å². The molecular formula is C24H26F3N2O10P. The van der Waals surface area contributed by atoms with Gasteiger partial charge in [-0.15, -0.1) is 0 Å². The molecule has 2 fully saturated rings. The van der Waals surface area contributed by atoms with Gasteiger partial charge in [0.2, 0.25) is 5.91 Å². The van der Waals surface area contributed by atoms with Gasteiger partial charge >= 0.3 is 25.9 Å². The zero-order valence-electron chi connectivity index (χ0n) is 21.1. The number of fused-ring (bicyclic) bond motifs is 1. The number of ketones is 1. The van der Waals surface area contributed by atoms with Crippen molar-refractivity contribution >= 4 is 31.4 Å². The number of rotatable bonds is 3. The third-order valence-electron chi connectivity index (χ3n) is 6.10. The minimum atomic E-state index is -5.00. The molecule has 4 rings (SSSR count). The first-order valence-corrected chi connectivity index (χ1v) is 13.8. The van der Waals surface area contributed by atoms with Gasteiger partial charge in [0.15, 0.2) is 5.78 Å². The standard InChI is InChI=1S/C24H26F3N2O10P/c1-14-23(33)35-9-5-8-22(32)38-18-11-21(29-12-16(24(25,26)27)17(30)10-20(29)31)37-19(18)13-36-40(34,28-14)39-15-6-3-2-4-7-15/h2-4,6-7,12,14,18-19,21H,5,8-11,13H2,1H3,(H,28,34)/t14-,18-,19+,21+,40?/m0/s1. The first kappa shape index (κ1) is 29.7. The number of para-hydroxylation sites is 1. The molecule has 1 amide bonds. The number of alkyl halides is 3. The van der Waals surface area contributed by atoms with Gasteiger partial charge in [-0.05, 0) is 25.5 Å². The second-order valence-corrected chi connectivity index (χ2v) is 10.8. The average molecular weight is 590 g/mol. The molecule has 0 spiro atoms. The summed E-state index contributed by atoms with van der Waals surface area (Å²) in [5.41, 5.74) is -1.52. The van der Waals surface area contributed by atoms with Crippen LogP contribution in [0.2, 0.25) is 0 Å². The van der Waals surface area contributed by atoms with Gasteiger partial charge in [0.25, 0.3) is 0 Å². The number of ether oxygens (including phenoxy) is 3. The summed E-state index contributed by atoms with van der Waals surface area (Å²) in [5, 5.41) is 2.48. The highest BCUT2D eigenvalue weighted by molar-refractivity contribution is 7.52. The molecule has 40 heavy (non-hydrogen) atoms. The molecule has 16 heteroatoms. The molecule has 1 N–H and O–H groups in total. The molecule has 3 heterocycles. The molecule has 218 valence electrons. The van der Waals surface area contributed by atoms with Gasteiger partial charge in [0.1, 0.15) is 35.8 Å². The maximum atomic E-state index is 13.7. The molecule has 0 aliphatic carbocycles. The number of carbonyl (C=O) groups is 4. The highest BCUT2D eigenvalue weighted by atomic mass is 31.2. The van der Waals surface area contributed by atoms with Crippen molar-refractivity contribution in [2.75, 3.05) is 13.2 Å². The maximum absolute atomic E-state index is 13.7. The van der Waals surface area contributed by atoms with E-state index < -0.39 is 80.6 Å². The van der Waals surface area contributed by atoms with Crippen molar-refractivity contribution in [2.24, 2.45) is 0 Å². The lowest BCUT2D eigenvalue weighted by molar-refractivity contribution is -0.156. The Labute approximate surface area is 226 Å². The summed E-state index contributed by atoms with van der Waals surface area (Å²) in [5.74, 6) is -3.71. The van der Waals surface area contributed by atoms with Gasteiger partial charge in [-0.2, -0.15) is 18.3 Å². The molecule has 1 unspecified atom stereocenters. The monoisotopic (exact) mass is 590 g/mol. The molecule has 0 bridgehead atoms. The quantitative estimate of drug-likeness (QED) is 0.315. The van der Waals surface area contributed by atoms with E-state index in [2.05, 4.69) is 5.09 Å². The molecule has 3 aliphatic heterocycles. The molecule has 3 aliphatic rings. The number of cyclic esters (lactones) is 1. The lowest BCUT2D eigenvalue weighted by Crippen LogP contribution is -2.43. The zero-order chi connectivity index (χ0) is 29.1. The van der Waals surface area contributed by atoms with Crippen LogP contribution < -0.4 is 9.61 Å². The van der Waals surface area contributed by atoms with Crippen LogP contribution in [0.4, 0.5) is 13.2 Å². The molecule has 12 nitrogen and oxygen atoms in total. The van der Waals surface area contributed by atoms with E-state index in [0.717, 1.165) is 0 Å². The minimum Gasteiger partial charge on any atom is -0.465 e. The van der Waals surface area contributed by atoms with Crippen molar-refractivity contribution in [1.29, 1.82) is 0 Å². The Morgan fingerprint density at radius 3 is 2.52 bits per heavy atom. The predicted molar refractivity (Wildman–Crippen MR) is 127 cm³/mol. The van der Waals surface area contributed by atoms with Crippen molar-refractivity contribution < 1.29 is 60.2 Å². The number of benzene rings is 1. The van der Waals surface area contributed by atoms with E-state index in [1.165, 1.54) is 19.1 Å². The number of allylic oxidation sites excluding steroid dienone is 1. The van der Waals surface area contributed by atoms with E-state index in [1.54, 1.807) is 18.2 Å². The summed E-state index contributed by atoms with van der Waals surface area (Å²) in [7, 11) is -4.33. The number of halogens is 3. The minimum absolute atomic E-state index is 0.0953. The van der Waals surface area contributed by atoms with Crippen LogP contribution in [-0.4, -0.2) is 72.4 Å². The molecule has 1 aromatic carbocycles. The van der Waals surface area contributed by atoms with Gasteiger partial charge < -0.3 is 18.7 Å². The molecule has 0 saturated carbocycles. The summed E-state index contributed by atoms with van der Waals surface area (Å²) < 4.78 is 81.1. The number of esters is 2. The average Bonchev–Trinajstić information content (AvgIpc) is 3.26. The highest BCUT2D eigenvalue weighted by Gasteiger charge is 2.48. The molecule has 0 aromatic heterocycles. The fourth-order valence-electron chi connectivity index (χ4n) is 4.14. The van der Waals surface area contributed by atoms with Crippen LogP contribution in [0, 0.1) is 0 Å². The first-order valence-electron chi connectivity index (χ1n) is 12.3. The summed E-state index contributed by atoms with van der Waals surface area (Å²) >= 11 is 0. The number of nitrogens with zero attached hydrogens (tertiary/aromatic N) is 1. The van der Waals surface area contributed by atoms with Crippen LogP contribution >= 0.6 is 7.75 Å². The fourth-order valence-corrected chi connectivity index (χ4v) is 5.64. The SMILES string of the molecule is C[C@@H]1NP(=O)(Oc2ccccc2)OC[C@H]2O[C@@H](N3C=C(C(F)(F)F)C(=O)CC3=O)C[C@@H]2OC(=O)CCCOC1=O. The molecule has 1 aromatic rings. The third-order valence-corrected chi connectivity index (χ3v) is 7.74. The van der Waals surface area contributed by atoms with Crippen LogP contribution in [0.25, 0.3) is 0 Å². The molecule has 2 saturated heterocycles. The normalized spacial score (nSPS) is 31.0. The van der Waals surface area contributed by atoms with Crippen molar-refractivity contribution in [3.8, 4) is 5.75 Å². The van der Waals surface area contributed by atoms with E-state index in [1.807, 2.05) is 0 Å². The molecular weight excluding hydrogens is 564 g/mol. The van der Waals surface area contributed by atoms with Crippen molar-refractivity contribution in [2.45, 2.75) is 63.3 Å². The van der Waals surface area contributed by atoms with Gasteiger partial charge in [0, 0.05) is 19.0 Å². The Morgan fingerprint density at radius 2 is 1.82 bits per heavy atom. The van der Waals surface area contributed by atoms with Crippen molar-refractivity contribution in [3.63, 3.8) is 0 Å². The van der Waals surface area contributed by atoms with Crippen LogP contribution in [0.3, 0.4) is 0 Å². The van der Waals surface area contributed by atoms with E-state index in [4.69, 9.17) is 23.3 Å². The lowest BCUT2D eigenvalue weighted by Gasteiger charge is -2.30. The molecule has 0 radical (unpaired) electrons. The third kappa shape index (κ3) is 7.27. The zero-order valence-corrected chi connectivity index (χ0v) is 22.0. The van der Waals surface area contributed by atoms with Crippen LogP contribution in [0.15, 0.2) is 42.1 Å². The number of hydrogen-bond acceptors (Lipinski definition) is 10. The number of amides is 1. The van der Waals surface area contributed by atoms with Gasteiger partial charge in [-0.25, -0.2) is 4.57 Å². The Morgan fingerprint density at radius 1 is 1.10 bits per heavy atom. The number of Topliss-reactive ketones (excluding diaryl/α,β-unsaturated/α-hetero) is 1. The van der Waals surface area contributed by atoms with Crippen molar-refractivity contribution in [1.82, 2.24) is 9.99 Å². The predicted octanol–water partition coefficient (Wildman–Crippen LogP) is 2.78. The van der Waals surface area contributed by atoms with E-state index in [-0.39, 0.29) is 31.6 Å². The van der Waals surface area contributed by atoms with Gasteiger partial charge in [-0.3, -0.25) is 28.6 Å². The van der Waals surface area contributed by atoms with Crippen LogP contribution in [-0.2, 0) is 42.5 Å². The molecule has 5 atom stereocenters. The number of carbonyl (C=O) groups excluding carboxylic acids is 4. The second kappa shape index (κ2) is 12.1. The summed E-state index contributed by atoms with van der Waals surface area (Å²) in [6, 6.07) is 6.70. The topological polar surface area (TPSA) is 147 Å².